The van der Waals surface area contributed by atoms with Crippen molar-refractivity contribution in [2.75, 3.05) is 31.1 Å². The molecule has 2 aliphatic rings. The van der Waals surface area contributed by atoms with Crippen molar-refractivity contribution in [3.63, 3.8) is 0 Å². The fourth-order valence-electron chi connectivity index (χ4n) is 3.17. The Labute approximate surface area is 124 Å². The molecular formula is C16H21N3O2. The normalized spacial score (nSPS) is 21.3. The first-order valence-corrected chi connectivity index (χ1v) is 7.50. The minimum atomic E-state index is 0.0588. The smallest absolute Gasteiger partial charge is 0.254 e. The van der Waals surface area contributed by atoms with Gasteiger partial charge in [-0.2, -0.15) is 0 Å². The fourth-order valence-corrected chi connectivity index (χ4v) is 3.17. The minimum Gasteiger partial charge on any atom is -0.333 e. The van der Waals surface area contributed by atoms with Crippen LogP contribution >= 0.6 is 0 Å². The number of hydrogen-bond acceptors (Lipinski definition) is 3. The second-order valence-corrected chi connectivity index (χ2v) is 5.82. The highest BCUT2D eigenvalue weighted by molar-refractivity contribution is 5.98. The largest absolute Gasteiger partial charge is 0.333 e. The van der Waals surface area contributed by atoms with Crippen LogP contribution < -0.4 is 10.2 Å². The Morgan fingerprint density at radius 1 is 1.29 bits per heavy atom. The standard InChI is InChI=1S/C16H21N3O2/c1-11-10-17-6-8-18(11)16(21)14-3-4-15-13(9-14)5-7-19(15)12(2)20/h3-4,9,11,17H,5-8,10H2,1-2H3. The molecule has 1 atom stereocenters. The molecule has 1 aromatic rings. The molecule has 0 saturated carbocycles. The van der Waals surface area contributed by atoms with E-state index in [0.717, 1.165) is 42.9 Å². The number of anilines is 1. The Kier molecular flexibility index (Phi) is 3.68. The van der Waals surface area contributed by atoms with E-state index in [1.165, 1.54) is 0 Å². The molecule has 5 heteroatoms. The number of piperazine rings is 1. The minimum absolute atomic E-state index is 0.0588. The van der Waals surface area contributed by atoms with Gasteiger partial charge in [0.2, 0.25) is 5.91 Å². The zero-order chi connectivity index (χ0) is 15.0. The second kappa shape index (κ2) is 5.48. The first kappa shape index (κ1) is 14.1. The van der Waals surface area contributed by atoms with Gasteiger partial charge in [0.15, 0.2) is 0 Å². The zero-order valence-electron chi connectivity index (χ0n) is 12.6. The molecule has 21 heavy (non-hydrogen) atoms. The van der Waals surface area contributed by atoms with Crippen LogP contribution in [0.1, 0.15) is 29.8 Å². The number of amides is 2. The van der Waals surface area contributed by atoms with Gasteiger partial charge in [0, 0.05) is 50.4 Å². The first-order chi connectivity index (χ1) is 10.1. The lowest BCUT2D eigenvalue weighted by Crippen LogP contribution is -2.52. The van der Waals surface area contributed by atoms with Gasteiger partial charge >= 0.3 is 0 Å². The molecule has 1 unspecified atom stereocenters. The molecule has 2 amide bonds. The number of rotatable bonds is 1. The van der Waals surface area contributed by atoms with Gasteiger partial charge in [-0.05, 0) is 37.1 Å². The van der Waals surface area contributed by atoms with E-state index in [2.05, 4.69) is 12.2 Å². The lowest BCUT2D eigenvalue weighted by Gasteiger charge is -2.34. The lowest BCUT2D eigenvalue weighted by atomic mass is 10.1. The third kappa shape index (κ3) is 2.53. The molecule has 5 nitrogen and oxygen atoms in total. The third-order valence-corrected chi connectivity index (χ3v) is 4.36. The highest BCUT2D eigenvalue weighted by Crippen LogP contribution is 2.29. The molecule has 1 saturated heterocycles. The zero-order valence-corrected chi connectivity index (χ0v) is 12.6. The molecule has 0 bridgehead atoms. The Bertz CT molecular complexity index is 585. The van der Waals surface area contributed by atoms with Gasteiger partial charge in [-0.3, -0.25) is 9.59 Å². The first-order valence-electron chi connectivity index (χ1n) is 7.50. The van der Waals surface area contributed by atoms with Crippen molar-refractivity contribution in [1.82, 2.24) is 10.2 Å². The van der Waals surface area contributed by atoms with E-state index in [1.54, 1.807) is 11.8 Å². The van der Waals surface area contributed by atoms with Crippen LogP contribution in [0.2, 0.25) is 0 Å². The average Bonchev–Trinajstić information content (AvgIpc) is 2.90. The van der Waals surface area contributed by atoms with E-state index in [0.29, 0.717) is 6.54 Å². The van der Waals surface area contributed by atoms with Crippen LogP contribution in [0.3, 0.4) is 0 Å². The summed E-state index contributed by atoms with van der Waals surface area (Å²) in [6, 6.07) is 5.92. The second-order valence-electron chi connectivity index (χ2n) is 5.82. The number of hydrogen-bond donors (Lipinski definition) is 1. The quantitative estimate of drug-likeness (QED) is 0.839. The van der Waals surface area contributed by atoms with Crippen molar-refractivity contribution < 1.29 is 9.59 Å². The van der Waals surface area contributed by atoms with Gasteiger partial charge in [-0.25, -0.2) is 0 Å². The summed E-state index contributed by atoms with van der Waals surface area (Å²) >= 11 is 0. The number of carbonyl (C=O) groups excluding carboxylic acids is 2. The van der Waals surface area contributed by atoms with Gasteiger partial charge in [-0.1, -0.05) is 0 Å². The molecule has 1 fully saturated rings. The molecule has 2 heterocycles. The summed E-state index contributed by atoms with van der Waals surface area (Å²) in [5, 5.41) is 3.29. The van der Waals surface area contributed by atoms with Crippen LogP contribution in [0.25, 0.3) is 0 Å². The number of fused-ring (bicyclic) bond motifs is 1. The van der Waals surface area contributed by atoms with E-state index in [9.17, 15) is 9.59 Å². The molecule has 0 aromatic heterocycles. The maximum absolute atomic E-state index is 12.6. The molecule has 2 aliphatic heterocycles. The molecule has 0 spiro atoms. The summed E-state index contributed by atoms with van der Waals surface area (Å²) < 4.78 is 0. The summed E-state index contributed by atoms with van der Waals surface area (Å²) in [5.74, 6) is 0.150. The Hall–Kier alpha value is -1.88. The van der Waals surface area contributed by atoms with Crippen LogP contribution in [0.5, 0.6) is 0 Å². The highest BCUT2D eigenvalue weighted by atomic mass is 16.2. The summed E-state index contributed by atoms with van der Waals surface area (Å²) in [6.45, 7) is 6.79. The molecule has 1 aromatic carbocycles. The van der Waals surface area contributed by atoms with Crippen molar-refractivity contribution >= 4 is 17.5 Å². The van der Waals surface area contributed by atoms with E-state index in [1.807, 2.05) is 23.1 Å². The molecule has 0 radical (unpaired) electrons. The molecular weight excluding hydrogens is 266 g/mol. The molecule has 112 valence electrons. The fraction of sp³-hybridized carbons (Fsp3) is 0.500. The summed E-state index contributed by atoms with van der Waals surface area (Å²) in [4.78, 5) is 27.9. The maximum Gasteiger partial charge on any atom is 0.254 e. The van der Waals surface area contributed by atoms with E-state index >= 15 is 0 Å². The van der Waals surface area contributed by atoms with Crippen molar-refractivity contribution in [2.45, 2.75) is 26.3 Å². The van der Waals surface area contributed by atoms with Crippen molar-refractivity contribution in [3.05, 3.63) is 29.3 Å². The van der Waals surface area contributed by atoms with Crippen LogP contribution in [-0.2, 0) is 11.2 Å². The Balaban J connectivity index is 1.84. The maximum atomic E-state index is 12.6. The summed E-state index contributed by atoms with van der Waals surface area (Å²) in [6.07, 6.45) is 0.827. The van der Waals surface area contributed by atoms with Crippen molar-refractivity contribution in [3.8, 4) is 0 Å². The van der Waals surface area contributed by atoms with Gasteiger partial charge in [0.1, 0.15) is 0 Å². The van der Waals surface area contributed by atoms with E-state index < -0.39 is 0 Å². The number of carbonyl (C=O) groups is 2. The third-order valence-electron chi connectivity index (χ3n) is 4.36. The highest BCUT2D eigenvalue weighted by Gasteiger charge is 2.27. The lowest BCUT2D eigenvalue weighted by molar-refractivity contribution is -0.116. The monoisotopic (exact) mass is 287 g/mol. The summed E-state index contributed by atoms with van der Waals surface area (Å²) in [7, 11) is 0. The predicted octanol–water partition coefficient (Wildman–Crippen LogP) is 1.03. The molecule has 3 rings (SSSR count). The van der Waals surface area contributed by atoms with Crippen molar-refractivity contribution in [1.29, 1.82) is 0 Å². The number of nitrogens with zero attached hydrogens (tertiary/aromatic N) is 2. The molecule has 0 aliphatic carbocycles. The van der Waals surface area contributed by atoms with Crippen molar-refractivity contribution in [2.24, 2.45) is 0 Å². The summed E-state index contributed by atoms with van der Waals surface area (Å²) in [5.41, 5.74) is 2.78. The van der Waals surface area contributed by atoms with E-state index in [-0.39, 0.29) is 17.9 Å². The molecule has 1 N–H and O–H groups in total. The van der Waals surface area contributed by atoms with Gasteiger partial charge in [-0.15, -0.1) is 0 Å². The van der Waals surface area contributed by atoms with Gasteiger partial charge in [0.05, 0.1) is 0 Å². The van der Waals surface area contributed by atoms with Gasteiger partial charge in [0.25, 0.3) is 5.91 Å². The average molecular weight is 287 g/mol. The number of nitrogens with one attached hydrogen (secondary N) is 1. The number of benzene rings is 1. The topological polar surface area (TPSA) is 52.7 Å². The van der Waals surface area contributed by atoms with Gasteiger partial charge < -0.3 is 15.1 Å². The van der Waals surface area contributed by atoms with Crippen LogP contribution in [0, 0.1) is 0 Å². The van der Waals surface area contributed by atoms with E-state index in [4.69, 9.17) is 0 Å². The van der Waals surface area contributed by atoms with Crippen LogP contribution in [0.4, 0.5) is 5.69 Å². The predicted molar refractivity (Wildman–Crippen MR) is 81.5 cm³/mol. The van der Waals surface area contributed by atoms with Crippen LogP contribution in [-0.4, -0.2) is 48.9 Å². The SMILES string of the molecule is CC(=O)N1CCc2cc(C(=O)N3CCNCC3C)ccc21. The Morgan fingerprint density at radius 3 is 2.81 bits per heavy atom. The van der Waals surface area contributed by atoms with Crippen LogP contribution in [0.15, 0.2) is 18.2 Å². The Morgan fingerprint density at radius 2 is 2.10 bits per heavy atom.